The van der Waals surface area contributed by atoms with E-state index in [4.69, 9.17) is 0 Å². The second-order valence-corrected chi connectivity index (χ2v) is 5.20. The molecule has 0 aliphatic heterocycles. The number of amides is 1. The molecule has 0 bridgehead atoms. The summed E-state index contributed by atoms with van der Waals surface area (Å²) in [7, 11) is 0. The number of nitrogens with zero attached hydrogens (tertiary/aromatic N) is 3. The van der Waals surface area contributed by atoms with Gasteiger partial charge in [-0.2, -0.15) is 26.3 Å². The van der Waals surface area contributed by atoms with E-state index < -0.39 is 0 Å². The van der Waals surface area contributed by atoms with Crippen LogP contribution in [0.5, 0.6) is 0 Å². The minimum atomic E-state index is -0.0397. The zero-order valence-electron chi connectivity index (χ0n) is 10.4. The summed E-state index contributed by atoms with van der Waals surface area (Å²) in [5.74, 6) is 0.278. The lowest BCUT2D eigenvalue weighted by molar-refractivity contribution is 0.0918. The fourth-order valence-corrected chi connectivity index (χ4v) is 2.22. The molecule has 1 atom stereocenters. The molecule has 2 aromatic heterocycles. The SMILES string of the molecule is CC(C)C(Cn1nccn1)NC(=O)c1ccsc1. The maximum absolute atomic E-state index is 12.0. The van der Waals surface area contributed by atoms with Crippen LogP contribution in [0.15, 0.2) is 29.2 Å². The van der Waals surface area contributed by atoms with Gasteiger partial charge in [0.2, 0.25) is 0 Å². The first-order chi connectivity index (χ1) is 8.66. The van der Waals surface area contributed by atoms with Crippen LogP contribution in [0, 0.1) is 5.92 Å². The highest BCUT2D eigenvalue weighted by molar-refractivity contribution is 7.08. The van der Waals surface area contributed by atoms with Crippen LogP contribution in [-0.2, 0) is 6.54 Å². The van der Waals surface area contributed by atoms with Crippen LogP contribution in [0.3, 0.4) is 0 Å². The molecule has 0 spiro atoms. The van der Waals surface area contributed by atoms with Crippen LogP contribution in [0.25, 0.3) is 0 Å². The van der Waals surface area contributed by atoms with E-state index in [0.717, 1.165) is 0 Å². The summed E-state index contributed by atoms with van der Waals surface area (Å²) in [5, 5.41) is 14.9. The fraction of sp³-hybridized carbons (Fsp3) is 0.417. The number of thiophene rings is 1. The van der Waals surface area contributed by atoms with Gasteiger partial charge in [-0.15, -0.1) is 0 Å². The Hall–Kier alpha value is -1.69. The Balaban J connectivity index is 2.00. The Labute approximate surface area is 110 Å². The molecule has 18 heavy (non-hydrogen) atoms. The molecule has 2 aromatic rings. The average molecular weight is 264 g/mol. The third-order valence-corrected chi connectivity index (χ3v) is 3.41. The maximum Gasteiger partial charge on any atom is 0.252 e. The largest absolute Gasteiger partial charge is 0.347 e. The van der Waals surface area contributed by atoms with Crippen molar-refractivity contribution in [2.75, 3.05) is 0 Å². The van der Waals surface area contributed by atoms with Gasteiger partial charge < -0.3 is 5.32 Å². The normalized spacial score (nSPS) is 12.6. The molecule has 0 saturated carbocycles. The molecule has 0 fully saturated rings. The molecule has 2 heterocycles. The Kier molecular flexibility index (Phi) is 4.09. The highest BCUT2D eigenvalue weighted by Crippen LogP contribution is 2.09. The summed E-state index contributed by atoms with van der Waals surface area (Å²) >= 11 is 1.52. The highest BCUT2D eigenvalue weighted by Gasteiger charge is 2.18. The van der Waals surface area contributed by atoms with Crippen molar-refractivity contribution in [3.8, 4) is 0 Å². The highest BCUT2D eigenvalue weighted by atomic mass is 32.1. The monoisotopic (exact) mass is 264 g/mol. The molecule has 0 aromatic carbocycles. The summed E-state index contributed by atoms with van der Waals surface area (Å²) in [4.78, 5) is 13.6. The second kappa shape index (κ2) is 5.77. The van der Waals surface area contributed by atoms with E-state index >= 15 is 0 Å². The average Bonchev–Trinajstić information content (AvgIpc) is 3.00. The molecular formula is C12H16N4OS. The lowest BCUT2D eigenvalue weighted by atomic mass is 10.0. The van der Waals surface area contributed by atoms with Crippen molar-refractivity contribution in [1.82, 2.24) is 20.3 Å². The first-order valence-corrected chi connectivity index (χ1v) is 6.78. The third kappa shape index (κ3) is 3.16. The second-order valence-electron chi connectivity index (χ2n) is 4.42. The minimum Gasteiger partial charge on any atom is -0.347 e. The van der Waals surface area contributed by atoms with Crippen molar-refractivity contribution in [2.24, 2.45) is 5.92 Å². The first kappa shape index (κ1) is 12.8. The zero-order chi connectivity index (χ0) is 13.0. The van der Waals surface area contributed by atoms with E-state index in [1.54, 1.807) is 17.2 Å². The van der Waals surface area contributed by atoms with Gasteiger partial charge in [-0.1, -0.05) is 13.8 Å². The Morgan fingerprint density at radius 2 is 2.17 bits per heavy atom. The number of carbonyl (C=O) groups is 1. The van der Waals surface area contributed by atoms with E-state index in [9.17, 15) is 4.79 Å². The number of aromatic nitrogens is 3. The van der Waals surface area contributed by atoms with Crippen LogP contribution in [-0.4, -0.2) is 26.9 Å². The zero-order valence-corrected chi connectivity index (χ0v) is 11.2. The molecule has 5 nitrogen and oxygen atoms in total. The molecule has 6 heteroatoms. The van der Waals surface area contributed by atoms with Gasteiger partial charge in [0.1, 0.15) is 0 Å². The Morgan fingerprint density at radius 1 is 1.44 bits per heavy atom. The van der Waals surface area contributed by atoms with Crippen molar-refractivity contribution in [2.45, 2.75) is 26.4 Å². The molecule has 96 valence electrons. The van der Waals surface area contributed by atoms with Crippen molar-refractivity contribution >= 4 is 17.2 Å². The van der Waals surface area contributed by atoms with Gasteiger partial charge in [0, 0.05) is 10.9 Å². The standard InChI is InChI=1S/C12H16N4OS/c1-9(2)11(7-16-13-4-5-14-16)15-12(17)10-3-6-18-8-10/h3-6,8-9,11H,7H2,1-2H3,(H,15,17). The summed E-state index contributed by atoms with van der Waals surface area (Å²) in [6, 6.07) is 1.84. The maximum atomic E-state index is 12.0. The molecule has 0 aliphatic rings. The van der Waals surface area contributed by atoms with Gasteiger partial charge in [0.15, 0.2) is 0 Å². The number of carbonyl (C=O) groups excluding carboxylic acids is 1. The third-order valence-electron chi connectivity index (χ3n) is 2.73. The summed E-state index contributed by atoms with van der Waals surface area (Å²) in [6.45, 7) is 4.73. The van der Waals surface area contributed by atoms with Gasteiger partial charge in [-0.25, -0.2) is 0 Å². The van der Waals surface area contributed by atoms with Gasteiger partial charge in [0.05, 0.1) is 25.0 Å². The van der Waals surface area contributed by atoms with Gasteiger partial charge >= 0.3 is 0 Å². The summed E-state index contributed by atoms with van der Waals surface area (Å²) in [6.07, 6.45) is 3.27. The molecule has 0 saturated heterocycles. The van der Waals surface area contributed by atoms with Crippen LogP contribution in [0.4, 0.5) is 0 Å². The molecule has 1 unspecified atom stereocenters. The lowest BCUT2D eigenvalue weighted by Gasteiger charge is -2.21. The van der Waals surface area contributed by atoms with Gasteiger partial charge in [-0.3, -0.25) is 4.79 Å². The van der Waals surface area contributed by atoms with E-state index in [2.05, 4.69) is 29.4 Å². The topological polar surface area (TPSA) is 59.8 Å². The quantitative estimate of drug-likeness (QED) is 0.895. The van der Waals surface area contributed by atoms with Crippen LogP contribution < -0.4 is 5.32 Å². The smallest absolute Gasteiger partial charge is 0.252 e. The predicted octanol–water partition coefficient (Wildman–Crippen LogP) is 1.79. The van der Waals surface area contributed by atoms with E-state index in [-0.39, 0.29) is 11.9 Å². The molecular weight excluding hydrogens is 248 g/mol. The fourth-order valence-electron chi connectivity index (χ4n) is 1.58. The molecule has 0 aliphatic carbocycles. The molecule has 2 rings (SSSR count). The Morgan fingerprint density at radius 3 is 2.72 bits per heavy atom. The summed E-state index contributed by atoms with van der Waals surface area (Å²) < 4.78 is 0. The minimum absolute atomic E-state index is 0.0183. The van der Waals surface area contributed by atoms with Crippen molar-refractivity contribution < 1.29 is 4.79 Å². The molecule has 1 N–H and O–H groups in total. The van der Waals surface area contributed by atoms with E-state index in [1.165, 1.54) is 11.3 Å². The number of rotatable bonds is 5. The van der Waals surface area contributed by atoms with E-state index in [1.807, 2.05) is 16.8 Å². The van der Waals surface area contributed by atoms with Gasteiger partial charge in [0.25, 0.3) is 5.91 Å². The van der Waals surface area contributed by atoms with Gasteiger partial charge in [-0.05, 0) is 17.4 Å². The van der Waals surface area contributed by atoms with Crippen molar-refractivity contribution in [3.63, 3.8) is 0 Å². The molecule has 0 radical (unpaired) electrons. The Bertz CT molecular complexity index is 478. The van der Waals surface area contributed by atoms with Crippen molar-refractivity contribution in [1.29, 1.82) is 0 Å². The lowest BCUT2D eigenvalue weighted by Crippen LogP contribution is -2.41. The number of hydrogen-bond acceptors (Lipinski definition) is 4. The van der Waals surface area contributed by atoms with Crippen LogP contribution in [0.2, 0.25) is 0 Å². The van der Waals surface area contributed by atoms with E-state index in [0.29, 0.717) is 18.0 Å². The number of hydrogen-bond donors (Lipinski definition) is 1. The molecule has 1 amide bonds. The van der Waals surface area contributed by atoms with Crippen LogP contribution in [0.1, 0.15) is 24.2 Å². The summed E-state index contributed by atoms with van der Waals surface area (Å²) in [5.41, 5.74) is 0.707. The number of nitrogens with one attached hydrogen (secondary N) is 1. The predicted molar refractivity (Wildman–Crippen MR) is 70.4 cm³/mol. The van der Waals surface area contributed by atoms with Crippen molar-refractivity contribution in [3.05, 3.63) is 34.8 Å². The van der Waals surface area contributed by atoms with Crippen LogP contribution >= 0.6 is 11.3 Å². The first-order valence-electron chi connectivity index (χ1n) is 5.84.